The molecule has 3 heterocycles. The Labute approximate surface area is 376 Å². The van der Waals surface area contributed by atoms with Gasteiger partial charge in [-0.2, -0.15) is 0 Å². The summed E-state index contributed by atoms with van der Waals surface area (Å²) in [6, 6.07) is 21.2. The highest BCUT2D eigenvalue weighted by atomic mass is 16.5. The number of allylic oxidation sites excluding steroid dienone is 1. The molecule has 13 atom stereocenters. The topological polar surface area (TPSA) is 113 Å². The Morgan fingerprint density at radius 1 is 0.873 bits per heavy atom. The van der Waals surface area contributed by atoms with Crippen LogP contribution in [-0.4, -0.2) is 57.8 Å². The molecule has 4 saturated carbocycles. The van der Waals surface area contributed by atoms with E-state index in [1.54, 1.807) is 0 Å². The molecule has 7 nitrogen and oxygen atoms in total. The van der Waals surface area contributed by atoms with Crippen molar-refractivity contribution < 1.29 is 34.4 Å². The fourth-order valence-corrected chi connectivity index (χ4v) is 15.2. The third-order valence-electron chi connectivity index (χ3n) is 18.4. The molecule has 0 saturated heterocycles. The number of ether oxygens (including phenoxy) is 2. The zero-order valence-electron chi connectivity index (χ0n) is 38.1. The SMILES string of the molecule is CC(CCCc1ccccc1)CC1C=CC2CCC(Cc3ccccc3)CC23CC#CC2(C)CC(OC3=O)C3C(C)(C4CCCC4)CCC(O)C3(C1O)C2(O)CCC1=CC(=O)OC1. The van der Waals surface area contributed by atoms with Crippen LogP contribution in [0.2, 0.25) is 0 Å². The summed E-state index contributed by atoms with van der Waals surface area (Å²) in [7, 11) is 0. The molecule has 0 aromatic heterocycles. The molecule has 2 aromatic rings. The van der Waals surface area contributed by atoms with E-state index in [-0.39, 0.29) is 42.7 Å². The fourth-order valence-electron chi connectivity index (χ4n) is 15.2. The largest absolute Gasteiger partial charge is 0.462 e. The summed E-state index contributed by atoms with van der Waals surface area (Å²) in [5.74, 6) is 6.44. The summed E-state index contributed by atoms with van der Waals surface area (Å²) < 4.78 is 12.6. The molecular weight excluding hydrogens is 785 g/mol. The lowest BCUT2D eigenvalue weighted by molar-refractivity contribution is -0.342. The van der Waals surface area contributed by atoms with Crippen molar-refractivity contribution in [1.29, 1.82) is 0 Å². The van der Waals surface area contributed by atoms with Gasteiger partial charge in [0.25, 0.3) is 0 Å². The van der Waals surface area contributed by atoms with Crippen molar-refractivity contribution >= 4 is 11.9 Å². The summed E-state index contributed by atoms with van der Waals surface area (Å²) in [5, 5.41) is 41.6. The smallest absolute Gasteiger partial charge is 0.331 e. The molecule has 2 aromatic carbocycles. The number of benzene rings is 2. The van der Waals surface area contributed by atoms with E-state index >= 15 is 4.79 Å². The van der Waals surface area contributed by atoms with Gasteiger partial charge in [0.15, 0.2) is 0 Å². The van der Waals surface area contributed by atoms with Gasteiger partial charge in [0.05, 0.1) is 34.1 Å². The fraction of sp³-hybridized carbons (Fsp3) is 0.643. The molecule has 4 fully saturated rings. The normalized spacial score (nSPS) is 40.3. The Hall–Kier alpha value is -3.70. The van der Waals surface area contributed by atoms with Crippen LogP contribution in [0.25, 0.3) is 0 Å². The molecule has 7 heteroatoms. The van der Waals surface area contributed by atoms with Gasteiger partial charge in [-0.05, 0) is 136 Å². The minimum atomic E-state index is -1.73. The standard InChI is InChI=1S/C56H72O7/c1-38(14-12-19-39-15-6-4-7-16-39)32-43-23-25-45-24-22-41(33-40-17-8-5-9-18-40)35-54(45)29-13-28-52(2)36-46(63-51(54)60)49-53(3,44-20-10-11-21-44)30-27-47(57)56(49,50(43)59)55(52,61)31-26-42-34-48(58)62-37-42/h4-9,15-18,23,25,34,38,41,43-47,49-50,57,59,61H,10-12,14,19-22,24,26-27,29-33,35-37H2,1-3H3. The average molecular weight is 857 g/mol. The predicted octanol–water partition coefficient (Wildman–Crippen LogP) is 9.90. The second-order valence-electron chi connectivity index (χ2n) is 22.0. The van der Waals surface area contributed by atoms with E-state index in [9.17, 15) is 20.1 Å². The molecule has 338 valence electrons. The zero-order valence-corrected chi connectivity index (χ0v) is 38.1. The summed E-state index contributed by atoms with van der Waals surface area (Å²) >= 11 is 0. The summed E-state index contributed by atoms with van der Waals surface area (Å²) in [4.78, 5) is 28.1. The number of hydrogen-bond donors (Lipinski definition) is 3. The summed E-state index contributed by atoms with van der Waals surface area (Å²) in [6.07, 6.45) is 16.7. The van der Waals surface area contributed by atoms with Gasteiger partial charge in [0, 0.05) is 30.8 Å². The van der Waals surface area contributed by atoms with Crippen LogP contribution in [0.1, 0.15) is 135 Å². The number of carbonyl (C=O) groups excluding carboxylic acids is 2. The molecule has 9 rings (SSSR count). The molecule has 1 spiro atoms. The van der Waals surface area contributed by atoms with Crippen LogP contribution in [0, 0.1) is 69.0 Å². The first kappa shape index (κ1) is 44.5. The van der Waals surface area contributed by atoms with Crippen molar-refractivity contribution in [2.75, 3.05) is 6.61 Å². The Kier molecular flexibility index (Phi) is 12.4. The van der Waals surface area contributed by atoms with Crippen LogP contribution < -0.4 is 0 Å². The van der Waals surface area contributed by atoms with Crippen molar-refractivity contribution in [2.24, 2.45) is 57.2 Å². The monoisotopic (exact) mass is 857 g/mol. The number of fused-ring (bicyclic) bond motifs is 2. The first-order chi connectivity index (χ1) is 30.3. The first-order valence-electron chi connectivity index (χ1n) is 24.7. The van der Waals surface area contributed by atoms with Crippen LogP contribution in [0.3, 0.4) is 0 Å². The minimum absolute atomic E-state index is 0.133. The van der Waals surface area contributed by atoms with Crippen LogP contribution in [0.4, 0.5) is 0 Å². The van der Waals surface area contributed by atoms with Gasteiger partial charge >= 0.3 is 11.9 Å². The Balaban J connectivity index is 1.21. The lowest BCUT2D eigenvalue weighted by Gasteiger charge is -2.72. The number of aliphatic hydroxyl groups excluding tert-OH is 2. The number of rotatable bonds is 12. The molecule has 13 unspecified atom stereocenters. The van der Waals surface area contributed by atoms with E-state index < -0.39 is 57.4 Å². The molecule has 3 N–H and O–H groups in total. The third-order valence-corrected chi connectivity index (χ3v) is 18.4. The second-order valence-corrected chi connectivity index (χ2v) is 22.0. The Bertz CT molecular complexity index is 2100. The van der Waals surface area contributed by atoms with Crippen molar-refractivity contribution in [3.05, 3.63) is 95.6 Å². The zero-order chi connectivity index (χ0) is 44.0. The molecule has 0 amide bonds. The van der Waals surface area contributed by atoms with Gasteiger partial charge in [-0.15, -0.1) is 5.92 Å². The Morgan fingerprint density at radius 2 is 1.60 bits per heavy atom. The molecule has 4 aliphatic carbocycles. The van der Waals surface area contributed by atoms with E-state index in [0.717, 1.165) is 76.2 Å². The second kappa shape index (κ2) is 17.6. The number of hydrogen-bond acceptors (Lipinski definition) is 7. The Morgan fingerprint density at radius 3 is 2.32 bits per heavy atom. The molecule has 0 radical (unpaired) electrons. The van der Waals surface area contributed by atoms with Crippen LogP contribution >= 0.6 is 0 Å². The minimum Gasteiger partial charge on any atom is -0.462 e. The summed E-state index contributed by atoms with van der Waals surface area (Å²) in [6.45, 7) is 6.81. The van der Waals surface area contributed by atoms with Crippen LogP contribution in [0.15, 0.2) is 84.5 Å². The van der Waals surface area contributed by atoms with Crippen molar-refractivity contribution in [3.63, 3.8) is 0 Å². The number of carbonyl (C=O) groups is 2. The van der Waals surface area contributed by atoms with Gasteiger partial charge in [0.1, 0.15) is 12.7 Å². The van der Waals surface area contributed by atoms with Crippen molar-refractivity contribution in [2.45, 2.75) is 160 Å². The highest BCUT2D eigenvalue weighted by Gasteiger charge is 2.78. The first-order valence-corrected chi connectivity index (χ1v) is 24.7. The molecule has 3 aliphatic heterocycles. The lowest BCUT2D eigenvalue weighted by atomic mass is 9.35. The highest BCUT2D eigenvalue weighted by molar-refractivity contribution is 5.85. The predicted molar refractivity (Wildman–Crippen MR) is 245 cm³/mol. The maximum absolute atomic E-state index is 15.7. The number of aryl methyl sites for hydroxylation is 1. The van der Waals surface area contributed by atoms with Crippen molar-refractivity contribution in [1.82, 2.24) is 0 Å². The maximum atomic E-state index is 15.7. The van der Waals surface area contributed by atoms with Crippen molar-refractivity contribution in [3.8, 4) is 11.8 Å². The van der Waals surface area contributed by atoms with Gasteiger partial charge in [-0.1, -0.05) is 112 Å². The number of esters is 2. The summed E-state index contributed by atoms with van der Waals surface area (Å²) in [5.41, 5.74) is -2.37. The highest BCUT2D eigenvalue weighted by Crippen LogP contribution is 2.72. The van der Waals surface area contributed by atoms with Gasteiger partial charge in [0.2, 0.25) is 0 Å². The van der Waals surface area contributed by atoms with Crippen LogP contribution in [0.5, 0.6) is 0 Å². The lowest BCUT2D eigenvalue weighted by Crippen LogP contribution is -2.80. The van der Waals surface area contributed by atoms with Gasteiger partial charge < -0.3 is 24.8 Å². The van der Waals surface area contributed by atoms with E-state index in [4.69, 9.17) is 9.47 Å². The molecule has 7 aliphatic rings. The van der Waals surface area contributed by atoms with E-state index in [1.807, 2.05) is 13.0 Å². The quantitative estimate of drug-likeness (QED) is 0.111. The van der Waals surface area contributed by atoms with Gasteiger partial charge in [-0.3, -0.25) is 4.79 Å². The van der Waals surface area contributed by atoms with E-state index in [1.165, 1.54) is 17.2 Å². The molecule has 4 bridgehead atoms. The average Bonchev–Trinajstić information content (AvgIpc) is 3.98. The maximum Gasteiger partial charge on any atom is 0.331 e. The number of cyclic esters (lactones) is 1. The van der Waals surface area contributed by atoms with Gasteiger partial charge in [-0.25, -0.2) is 4.79 Å². The van der Waals surface area contributed by atoms with Crippen LogP contribution in [-0.2, 0) is 31.9 Å². The molecule has 63 heavy (non-hydrogen) atoms. The third kappa shape index (κ3) is 7.76. The van der Waals surface area contributed by atoms with E-state index in [2.05, 4.69) is 92.4 Å². The molecular formula is C56H72O7. The van der Waals surface area contributed by atoms with E-state index in [0.29, 0.717) is 44.4 Å². The number of aliphatic hydroxyl groups is 3.